The highest BCUT2D eigenvalue weighted by Gasteiger charge is 2.13. The van der Waals surface area contributed by atoms with E-state index in [4.69, 9.17) is 11.0 Å². The van der Waals surface area contributed by atoms with E-state index in [-0.39, 0.29) is 17.0 Å². The van der Waals surface area contributed by atoms with Gasteiger partial charge in [-0.25, -0.2) is 0 Å². The van der Waals surface area contributed by atoms with Crippen molar-refractivity contribution in [2.75, 3.05) is 5.73 Å². The summed E-state index contributed by atoms with van der Waals surface area (Å²) in [6.07, 6.45) is 0. The number of nitriles is 1. The van der Waals surface area contributed by atoms with Gasteiger partial charge in [-0.15, -0.1) is 0 Å². The Morgan fingerprint density at radius 1 is 1.50 bits per heavy atom. The van der Waals surface area contributed by atoms with E-state index in [9.17, 15) is 8.78 Å². The van der Waals surface area contributed by atoms with Crippen LogP contribution in [0.2, 0.25) is 0 Å². The molecule has 0 aliphatic rings. The molecule has 1 aromatic rings. The van der Waals surface area contributed by atoms with Crippen LogP contribution in [0.15, 0.2) is 16.6 Å². The predicted octanol–water partition coefficient (Wildman–Crippen LogP) is 2.50. The number of nitrogen functional groups attached to an aromatic ring is 1. The Bertz CT molecular complexity index is 390. The van der Waals surface area contributed by atoms with Crippen LogP contribution in [0.5, 0.6) is 5.75 Å². The van der Waals surface area contributed by atoms with Gasteiger partial charge in [-0.2, -0.15) is 14.0 Å². The second-order valence-electron chi connectivity index (χ2n) is 2.36. The highest BCUT2D eigenvalue weighted by molar-refractivity contribution is 9.10. The molecule has 2 N–H and O–H groups in total. The van der Waals surface area contributed by atoms with E-state index < -0.39 is 6.61 Å². The molecule has 6 heteroatoms. The van der Waals surface area contributed by atoms with E-state index in [1.165, 1.54) is 12.1 Å². The molecule has 0 fully saturated rings. The first-order chi connectivity index (χ1) is 6.54. The van der Waals surface area contributed by atoms with Crippen LogP contribution in [0.3, 0.4) is 0 Å². The summed E-state index contributed by atoms with van der Waals surface area (Å²) in [5.41, 5.74) is 5.37. The fraction of sp³-hybridized carbons (Fsp3) is 0.125. The third-order valence-corrected chi connectivity index (χ3v) is 1.87. The van der Waals surface area contributed by atoms with Crippen LogP contribution < -0.4 is 10.5 Å². The van der Waals surface area contributed by atoms with Crippen molar-refractivity contribution in [3.8, 4) is 11.8 Å². The molecule has 0 unspecified atom stereocenters. The lowest BCUT2D eigenvalue weighted by Crippen LogP contribution is -2.06. The highest BCUT2D eigenvalue weighted by Crippen LogP contribution is 2.31. The maximum Gasteiger partial charge on any atom is 0.387 e. The Kier molecular flexibility index (Phi) is 3.25. The number of hydrogen-bond donors (Lipinski definition) is 1. The molecule has 0 radical (unpaired) electrons. The summed E-state index contributed by atoms with van der Waals surface area (Å²) in [4.78, 5) is 0. The van der Waals surface area contributed by atoms with Crippen molar-refractivity contribution in [3.05, 3.63) is 22.2 Å². The summed E-state index contributed by atoms with van der Waals surface area (Å²) in [5.74, 6) is -0.286. The van der Waals surface area contributed by atoms with Gasteiger partial charge in [-0.05, 0) is 12.1 Å². The molecule has 0 atom stereocenters. The van der Waals surface area contributed by atoms with E-state index in [0.717, 1.165) is 0 Å². The maximum absolute atomic E-state index is 11.9. The van der Waals surface area contributed by atoms with E-state index in [0.29, 0.717) is 4.47 Å². The molecule has 0 saturated carbocycles. The lowest BCUT2D eigenvalue weighted by molar-refractivity contribution is -0.0495. The molecule has 0 saturated heterocycles. The number of benzene rings is 1. The summed E-state index contributed by atoms with van der Waals surface area (Å²) in [5, 5.41) is 8.63. The third kappa shape index (κ3) is 2.33. The second kappa shape index (κ2) is 4.24. The first kappa shape index (κ1) is 10.7. The largest absolute Gasteiger partial charge is 0.431 e. The molecule has 74 valence electrons. The summed E-state index contributed by atoms with van der Waals surface area (Å²) < 4.78 is 28.5. The number of hydrogen-bond acceptors (Lipinski definition) is 3. The van der Waals surface area contributed by atoms with Gasteiger partial charge in [0.1, 0.15) is 6.07 Å². The maximum atomic E-state index is 11.9. The van der Waals surface area contributed by atoms with Gasteiger partial charge in [0.05, 0.1) is 11.3 Å². The Morgan fingerprint density at radius 2 is 2.14 bits per heavy atom. The normalized spacial score (nSPS) is 9.93. The molecular weight excluding hydrogens is 258 g/mol. The van der Waals surface area contributed by atoms with Gasteiger partial charge in [-0.3, -0.25) is 0 Å². The van der Waals surface area contributed by atoms with E-state index >= 15 is 0 Å². The molecule has 0 aromatic heterocycles. The molecule has 0 heterocycles. The smallest absolute Gasteiger partial charge is 0.387 e. The number of alkyl halides is 2. The van der Waals surface area contributed by atoms with Gasteiger partial charge in [0.15, 0.2) is 5.75 Å². The molecule has 1 aromatic carbocycles. The van der Waals surface area contributed by atoms with Crippen LogP contribution in [0.25, 0.3) is 0 Å². The minimum Gasteiger partial charge on any atom is -0.431 e. The zero-order valence-corrected chi connectivity index (χ0v) is 8.38. The van der Waals surface area contributed by atoms with E-state index in [2.05, 4.69) is 20.7 Å². The van der Waals surface area contributed by atoms with Gasteiger partial charge >= 0.3 is 6.61 Å². The second-order valence-corrected chi connectivity index (χ2v) is 3.28. The van der Waals surface area contributed by atoms with Gasteiger partial charge < -0.3 is 10.5 Å². The minimum atomic E-state index is -2.99. The molecule has 0 aliphatic carbocycles. The standard InChI is InChI=1S/C8H5BrF2N2O/c9-5-1-4(3-12)7(6(13)2-5)14-8(10)11/h1-2,8H,13H2. The molecule has 3 nitrogen and oxygen atoms in total. The minimum absolute atomic E-state index is 0.00350. The molecule has 0 amide bonds. The van der Waals surface area contributed by atoms with Crippen molar-refractivity contribution in [2.24, 2.45) is 0 Å². The lowest BCUT2D eigenvalue weighted by atomic mass is 10.2. The summed E-state index contributed by atoms with van der Waals surface area (Å²) in [6.45, 7) is -2.99. The van der Waals surface area contributed by atoms with Gasteiger partial charge in [0.25, 0.3) is 0 Å². The van der Waals surface area contributed by atoms with Crippen LogP contribution >= 0.6 is 15.9 Å². The zero-order chi connectivity index (χ0) is 10.7. The first-order valence-corrected chi connectivity index (χ1v) is 4.28. The number of nitrogens with two attached hydrogens (primary N) is 1. The van der Waals surface area contributed by atoms with Crippen LogP contribution in [-0.4, -0.2) is 6.61 Å². The van der Waals surface area contributed by atoms with Crippen molar-refractivity contribution >= 4 is 21.6 Å². The zero-order valence-electron chi connectivity index (χ0n) is 6.80. The van der Waals surface area contributed by atoms with Crippen molar-refractivity contribution in [3.63, 3.8) is 0 Å². The molecule has 14 heavy (non-hydrogen) atoms. The van der Waals surface area contributed by atoms with E-state index in [1.54, 1.807) is 6.07 Å². The first-order valence-electron chi connectivity index (χ1n) is 3.48. The average Bonchev–Trinajstić information content (AvgIpc) is 2.08. The number of halogens is 3. The number of rotatable bonds is 2. The van der Waals surface area contributed by atoms with Crippen molar-refractivity contribution in [1.82, 2.24) is 0 Å². The topological polar surface area (TPSA) is 59.0 Å². The Balaban J connectivity index is 3.20. The molecule has 0 aliphatic heterocycles. The third-order valence-electron chi connectivity index (χ3n) is 1.41. The summed E-state index contributed by atoms with van der Waals surface area (Å²) in [7, 11) is 0. The quantitative estimate of drug-likeness (QED) is 0.834. The molecule has 1 rings (SSSR count). The average molecular weight is 263 g/mol. The SMILES string of the molecule is N#Cc1cc(Br)cc(N)c1OC(F)F. The Labute approximate surface area is 87.2 Å². The number of anilines is 1. The Hall–Kier alpha value is -1.35. The number of nitrogens with zero attached hydrogens (tertiary/aromatic N) is 1. The molecule has 0 bridgehead atoms. The summed E-state index contributed by atoms with van der Waals surface area (Å²) in [6, 6.07) is 4.46. The van der Waals surface area contributed by atoms with Gasteiger partial charge in [-0.1, -0.05) is 15.9 Å². The van der Waals surface area contributed by atoms with Crippen LogP contribution in [-0.2, 0) is 0 Å². The fourth-order valence-electron chi connectivity index (χ4n) is 0.918. The predicted molar refractivity (Wildman–Crippen MR) is 49.9 cm³/mol. The highest BCUT2D eigenvalue weighted by atomic mass is 79.9. The van der Waals surface area contributed by atoms with Crippen molar-refractivity contribution < 1.29 is 13.5 Å². The summed E-state index contributed by atoms with van der Waals surface area (Å²) >= 11 is 3.08. The Morgan fingerprint density at radius 3 is 2.64 bits per heavy atom. The molecule has 0 spiro atoms. The molecular formula is C8H5BrF2N2O. The van der Waals surface area contributed by atoms with Crippen molar-refractivity contribution in [1.29, 1.82) is 5.26 Å². The lowest BCUT2D eigenvalue weighted by Gasteiger charge is -2.09. The van der Waals surface area contributed by atoms with Crippen LogP contribution in [0, 0.1) is 11.3 Å². The van der Waals surface area contributed by atoms with Crippen LogP contribution in [0.4, 0.5) is 14.5 Å². The van der Waals surface area contributed by atoms with Gasteiger partial charge in [0, 0.05) is 4.47 Å². The monoisotopic (exact) mass is 262 g/mol. The fourth-order valence-corrected chi connectivity index (χ4v) is 1.39. The van der Waals surface area contributed by atoms with Gasteiger partial charge in [0.2, 0.25) is 0 Å². The van der Waals surface area contributed by atoms with Crippen LogP contribution in [0.1, 0.15) is 5.56 Å². The van der Waals surface area contributed by atoms with Crippen molar-refractivity contribution in [2.45, 2.75) is 6.61 Å². The van der Waals surface area contributed by atoms with E-state index in [1.807, 2.05) is 0 Å². The number of ether oxygens (including phenoxy) is 1.